The summed E-state index contributed by atoms with van der Waals surface area (Å²) in [4.78, 5) is 19.0. The molecule has 2 rings (SSSR count). The van der Waals surface area contributed by atoms with Crippen LogP contribution in [0.25, 0.3) is 0 Å². The average Bonchev–Trinajstić information content (AvgIpc) is 2.61. The second-order valence-corrected chi connectivity index (χ2v) is 3.33. The van der Waals surface area contributed by atoms with Crippen molar-refractivity contribution in [3.63, 3.8) is 0 Å². The maximum absolute atomic E-state index is 11.2. The Morgan fingerprint density at radius 2 is 2.11 bits per heavy atom. The molecule has 0 bridgehead atoms. The van der Waals surface area contributed by atoms with Gasteiger partial charge in [-0.05, 0) is 11.6 Å². The number of primary amides is 1. The molecule has 98 valence electrons. The third kappa shape index (κ3) is 3.35. The number of carbonyl (C=O) groups is 1. The molecular formula is C10H13Cl2N5O. The number of nitrogens with two attached hydrogens (primary N) is 2. The number of pyridine rings is 1. The van der Waals surface area contributed by atoms with Crippen molar-refractivity contribution in [2.75, 3.05) is 5.73 Å². The van der Waals surface area contributed by atoms with Crippen molar-refractivity contribution >= 4 is 36.5 Å². The molecule has 18 heavy (non-hydrogen) atoms. The van der Waals surface area contributed by atoms with E-state index in [-0.39, 0.29) is 36.3 Å². The molecule has 2 aromatic heterocycles. The highest BCUT2D eigenvalue weighted by Crippen LogP contribution is 2.11. The van der Waals surface area contributed by atoms with Crippen LogP contribution in [-0.4, -0.2) is 20.4 Å². The first-order chi connectivity index (χ1) is 7.68. The van der Waals surface area contributed by atoms with Crippen molar-refractivity contribution in [3.8, 4) is 0 Å². The Hall–Kier alpha value is -1.79. The normalized spacial score (nSPS) is 9.11. The lowest BCUT2D eigenvalue weighted by Crippen LogP contribution is -2.18. The minimum Gasteiger partial charge on any atom is -0.382 e. The van der Waals surface area contributed by atoms with E-state index in [9.17, 15) is 4.79 Å². The summed E-state index contributed by atoms with van der Waals surface area (Å²) < 4.78 is 1.61. The van der Waals surface area contributed by atoms with Crippen LogP contribution in [0.1, 0.15) is 16.1 Å². The number of nitrogen functional groups attached to an aromatic ring is 1. The van der Waals surface area contributed by atoms with Gasteiger partial charge in [-0.1, -0.05) is 6.07 Å². The van der Waals surface area contributed by atoms with Crippen LogP contribution in [0.3, 0.4) is 0 Å². The lowest BCUT2D eigenvalue weighted by atomic mass is 10.3. The zero-order valence-electron chi connectivity index (χ0n) is 9.31. The van der Waals surface area contributed by atoms with E-state index >= 15 is 0 Å². The molecule has 0 saturated carbocycles. The second-order valence-electron chi connectivity index (χ2n) is 3.33. The summed E-state index contributed by atoms with van der Waals surface area (Å²) in [5, 5.41) is 0. The van der Waals surface area contributed by atoms with Gasteiger partial charge in [0.2, 0.25) is 0 Å². The Labute approximate surface area is 116 Å². The summed E-state index contributed by atoms with van der Waals surface area (Å²) in [6.45, 7) is 0.469. The van der Waals surface area contributed by atoms with Gasteiger partial charge in [-0.25, -0.2) is 4.98 Å². The van der Waals surface area contributed by atoms with Gasteiger partial charge in [-0.3, -0.25) is 9.78 Å². The predicted octanol–water partition coefficient (Wildman–Crippen LogP) is 0.851. The highest BCUT2D eigenvalue weighted by molar-refractivity contribution is 5.95. The summed E-state index contributed by atoms with van der Waals surface area (Å²) in [7, 11) is 0. The minimum absolute atomic E-state index is 0. The fourth-order valence-electron chi connectivity index (χ4n) is 1.47. The highest BCUT2D eigenvalue weighted by atomic mass is 35.5. The van der Waals surface area contributed by atoms with E-state index < -0.39 is 5.91 Å². The molecule has 0 saturated heterocycles. The van der Waals surface area contributed by atoms with Crippen LogP contribution >= 0.6 is 24.8 Å². The topological polar surface area (TPSA) is 99.8 Å². The first kappa shape index (κ1) is 16.2. The first-order valence-corrected chi connectivity index (χ1v) is 4.68. The Morgan fingerprint density at radius 3 is 2.67 bits per heavy atom. The van der Waals surface area contributed by atoms with Gasteiger partial charge in [0.05, 0.1) is 12.9 Å². The third-order valence-electron chi connectivity index (χ3n) is 2.18. The van der Waals surface area contributed by atoms with E-state index in [0.717, 1.165) is 5.56 Å². The van der Waals surface area contributed by atoms with Gasteiger partial charge >= 0.3 is 0 Å². The van der Waals surface area contributed by atoms with Crippen molar-refractivity contribution < 1.29 is 4.79 Å². The average molecular weight is 290 g/mol. The van der Waals surface area contributed by atoms with Gasteiger partial charge in [-0.2, -0.15) is 0 Å². The van der Waals surface area contributed by atoms with E-state index in [0.29, 0.717) is 6.54 Å². The fraction of sp³-hybridized carbons (Fsp3) is 0.100. The maximum Gasteiger partial charge on any atom is 0.269 e. The minimum atomic E-state index is -0.584. The van der Waals surface area contributed by atoms with Crippen LogP contribution < -0.4 is 11.5 Å². The van der Waals surface area contributed by atoms with Crippen LogP contribution in [0, 0.1) is 0 Å². The summed E-state index contributed by atoms with van der Waals surface area (Å²) in [6.07, 6.45) is 4.88. The van der Waals surface area contributed by atoms with Gasteiger partial charge in [-0.15, -0.1) is 24.8 Å². The zero-order chi connectivity index (χ0) is 11.5. The van der Waals surface area contributed by atoms with E-state index in [1.807, 2.05) is 12.1 Å². The van der Waals surface area contributed by atoms with Crippen LogP contribution in [0.4, 0.5) is 5.82 Å². The van der Waals surface area contributed by atoms with E-state index in [2.05, 4.69) is 9.97 Å². The fourth-order valence-corrected chi connectivity index (χ4v) is 1.47. The van der Waals surface area contributed by atoms with Gasteiger partial charge in [0, 0.05) is 12.4 Å². The smallest absolute Gasteiger partial charge is 0.269 e. The second kappa shape index (κ2) is 6.83. The molecule has 0 spiro atoms. The van der Waals surface area contributed by atoms with Gasteiger partial charge in [0.1, 0.15) is 0 Å². The maximum atomic E-state index is 11.2. The summed E-state index contributed by atoms with van der Waals surface area (Å²) in [5.41, 5.74) is 11.9. The van der Waals surface area contributed by atoms with E-state index in [4.69, 9.17) is 11.5 Å². The summed E-state index contributed by atoms with van der Waals surface area (Å²) >= 11 is 0. The standard InChI is InChI=1S/C10H11N5O.2ClH/c11-9-8(10(12)16)15(6-14-9)5-7-2-1-3-13-4-7;;/h1-4,6H,5,11H2,(H2,12,16);2*1H. The number of imidazole rings is 1. The predicted molar refractivity (Wildman–Crippen MR) is 73.0 cm³/mol. The van der Waals surface area contributed by atoms with Crippen LogP contribution in [0.5, 0.6) is 0 Å². The van der Waals surface area contributed by atoms with Crippen LogP contribution in [0.2, 0.25) is 0 Å². The molecular weight excluding hydrogens is 277 g/mol. The third-order valence-corrected chi connectivity index (χ3v) is 2.18. The lowest BCUT2D eigenvalue weighted by molar-refractivity contribution is 0.0993. The Bertz CT molecular complexity index is 514. The molecule has 6 nitrogen and oxygen atoms in total. The molecule has 8 heteroatoms. The number of anilines is 1. The number of nitrogens with zero attached hydrogens (tertiary/aromatic N) is 3. The molecule has 2 aromatic rings. The molecule has 1 amide bonds. The highest BCUT2D eigenvalue weighted by Gasteiger charge is 2.13. The Kier molecular flexibility index (Phi) is 6.15. The number of carbonyl (C=O) groups excluding carboxylic acids is 1. The number of rotatable bonds is 3. The van der Waals surface area contributed by atoms with Crippen molar-refractivity contribution in [1.82, 2.24) is 14.5 Å². The van der Waals surface area contributed by atoms with Crippen LogP contribution in [-0.2, 0) is 6.54 Å². The molecule has 4 N–H and O–H groups in total. The lowest BCUT2D eigenvalue weighted by Gasteiger charge is -2.05. The summed E-state index contributed by atoms with van der Waals surface area (Å²) in [5.74, 6) is -0.435. The SMILES string of the molecule is Cl.Cl.NC(=O)c1c(N)ncn1Cc1cccnc1. The largest absolute Gasteiger partial charge is 0.382 e. The molecule has 0 aliphatic rings. The molecule has 0 radical (unpaired) electrons. The van der Waals surface area contributed by atoms with E-state index in [1.165, 1.54) is 6.33 Å². The molecule has 0 atom stereocenters. The molecule has 0 unspecified atom stereocenters. The number of hydrogen-bond acceptors (Lipinski definition) is 4. The monoisotopic (exact) mass is 289 g/mol. The molecule has 2 heterocycles. The molecule has 0 aliphatic carbocycles. The van der Waals surface area contributed by atoms with Crippen molar-refractivity contribution in [1.29, 1.82) is 0 Å². The van der Waals surface area contributed by atoms with Crippen molar-refractivity contribution in [2.24, 2.45) is 5.73 Å². The van der Waals surface area contributed by atoms with Crippen molar-refractivity contribution in [2.45, 2.75) is 6.54 Å². The van der Waals surface area contributed by atoms with Crippen LogP contribution in [0.15, 0.2) is 30.9 Å². The van der Waals surface area contributed by atoms with Gasteiger partial charge in [0.15, 0.2) is 11.5 Å². The van der Waals surface area contributed by atoms with Gasteiger partial charge < -0.3 is 16.0 Å². The first-order valence-electron chi connectivity index (χ1n) is 4.68. The zero-order valence-corrected chi connectivity index (χ0v) is 10.9. The Balaban J connectivity index is 0.00000144. The Morgan fingerprint density at radius 1 is 1.39 bits per heavy atom. The molecule has 0 fully saturated rings. The number of halogens is 2. The van der Waals surface area contributed by atoms with Gasteiger partial charge in [0.25, 0.3) is 5.91 Å². The molecule has 0 aliphatic heterocycles. The summed E-state index contributed by atoms with van der Waals surface area (Å²) in [6, 6.07) is 3.72. The number of aromatic nitrogens is 3. The number of amides is 1. The van der Waals surface area contributed by atoms with Crippen molar-refractivity contribution in [3.05, 3.63) is 42.1 Å². The van der Waals surface area contributed by atoms with E-state index in [1.54, 1.807) is 17.0 Å². The molecule has 0 aromatic carbocycles. The quantitative estimate of drug-likeness (QED) is 0.875. The number of hydrogen-bond donors (Lipinski definition) is 2.